The van der Waals surface area contributed by atoms with Gasteiger partial charge in [-0.15, -0.1) is 0 Å². The van der Waals surface area contributed by atoms with Crippen molar-refractivity contribution in [2.24, 2.45) is 12.8 Å². The van der Waals surface area contributed by atoms with Crippen LogP contribution in [-0.4, -0.2) is 20.6 Å². The zero-order valence-electron chi connectivity index (χ0n) is 12.7. The maximum Gasteiger partial charge on any atom is 0.405 e. The molecule has 23 heavy (non-hydrogen) atoms. The first-order chi connectivity index (χ1) is 11.0. The number of aromatic nitrogens is 3. The number of nitrogens with two attached hydrogens (primary N) is 1. The summed E-state index contributed by atoms with van der Waals surface area (Å²) in [6.07, 6.45) is 0.0641. The second-order valence-electron chi connectivity index (χ2n) is 5.11. The van der Waals surface area contributed by atoms with Gasteiger partial charge in [0.1, 0.15) is 5.82 Å². The number of halogens is 1. The third-order valence-electron chi connectivity index (χ3n) is 3.60. The summed E-state index contributed by atoms with van der Waals surface area (Å²) in [6.45, 7) is 1.66. The van der Waals surface area contributed by atoms with Gasteiger partial charge in [0.25, 0.3) is 0 Å². The SMILES string of the molecule is C[C@H](OC(N)=O)c1nc2ccc(F)c(-c3ccccn3)c2n1C. The van der Waals surface area contributed by atoms with Gasteiger partial charge in [-0.25, -0.2) is 14.2 Å². The molecule has 1 amide bonds. The molecule has 0 fully saturated rings. The fourth-order valence-electron chi connectivity index (χ4n) is 2.64. The van der Waals surface area contributed by atoms with E-state index in [4.69, 9.17) is 10.5 Å². The smallest absolute Gasteiger partial charge is 0.405 e. The van der Waals surface area contributed by atoms with E-state index in [0.29, 0.717) is 28.1 Å². The van der Waals surface area contributed by atoms with Gasteiger partial charge < -0.3 is 15.0 Å². The molecule has 2 aromatic heterocycles. The van der Waals surface area contributed by atoms with Crippen LogP contribution in [0.15, 0.2) is 36.5 Å². The Morgan fingerprint density at radius 2 is 2.13 bits per heavy atom. The number of aryl methyl sites for hydroxylation is 1. The molecule has 0 aliphatic carbocycles. The number of nitrogens with zero attached hydrogens (tertiary/aromatic N) is 3. The van der Waals surface area contributed by atoms with E-state index in [-0.39, 0.29) is 0 Å². The van der Waals surface area contributed by atoms with Crippen molar-refractivity contribution in [2.75, 3.05) is 0 Å². The summed E-state index contributed by atoms with van der Waals surface area (Å²) in [4.78, 5) is 19.6. The van der Waals surface area contributed by atoms with Crippen molar-refractivity contribution in [1.82, 2.24) is 14.5 Å². The number of hydrogen-bond donors (Lipinski definition) is 1. The van der Waals surface area contributed by atoms with Gasteiger partial charge in [0.05, 0.1) is 22.3 Å². The fraction of sp³-hybridized carbons (Fsp3) is 0.188. The number of carbonyl (C=O) groups is 1. The van der Waals surface area contributed by atoms with Crippen LogP contribution in [0.1, 0.15) is 18.9 Å². The van der Waals surface area contributed by atoms with Crippen molar-refractivity contribution in [3.8, 4) is 11.3 Å². The van der Waals surface area contributed by atoms with E-state index >= 15 is 0 Å². The van der Waals surface area contributed by atoms with Crippen LogP contribution in [-0.2, 0) is 11.8 Å². The van der Waals surface area contributed by atoms with E-state index in [9.17, 15) is 9.18 Å². The minimum absolute atomic E-state index is 0.357. The molecule has 0 bridgehead atoms. The van der Waals surface area contributed by atoms with E-state index in [1.807, 2.05) is 0 Å². The number of rotatable bonds is 3. The summed E-state index contributed by atoms with van der Waals surface area (Å²) in [5, 5.41) is 0. The molecule has 0 unspecified atom stereocenters. The monoisotopic (exact) mass is 314 g/mol. The van der Waals surface area contributed by atoms with E-state index in [1.165, 1.54) is 6.07 Å². The molecule has 3 aromatic rings. The lowest BCUT2D eigenvalue weighted by atomic mass is 10.1. The Kier molecular flexibility index (Phi) is 3.69. The van der Waals surface area contributed by atoms with Gasteiger partial charge in [-0.2, -0.15) is 0 Å². The molecule has 2 heterocycles. The molecule has 0 saturated carbocycles. The zero-order valence-corrected chi connectivity index (χ0v) is 12.7. The van der Waals surface area contributed by atoms with Gasteiger partial charge >= 0.3 is 6.09 Å². The maximum atomic E-state index is 14.4. The van der Waals surface area contributed by atoms with Crippen LogP contribution in [0.3, 0.4) is 0 Å². The van der Waals surface area contributed by atoms with Crippen LogP contribution < -0.4 is 5.73 Å². The third kappa shape index (κ3) is 2.61. The molecular formula is C16H15FN4O2. The van der Waals surface area contributed by atoms with Crippen LogP contribution in [0, 0.1) is 5.82 Å². The highest BCUT2D eigenvalue weighted by atomic mass is 19.1. The minimum atomic E-state index is -0.888. The molecule has 7 heteroatoms. The second-order valence-corrected chi connectivity index (χ2v) is 5.11. The van der Waals surface area contributed by atoms with Gasteiger partial charge in [-0.3, -0.25) is 4.98 Å². The van der Waals surface area contributed by atoms with Crippen LogP contribution in [0.25, 0.3) is 22.3 Å². The first-order valence-electron chi connectivity index (χ1n) is 7.01. The first-order valence-corrected chi connectivity index (χ1v) is 7.01. The summed E-state index contributed by atoms with van der Waals surface area (Å²) >= 11 is 0. The van der Waals surface area contributed by atoms with E-state index in [2.05, 4.69) is 9.97 Å². The molecule has 0 aliphatic rings. The number of benzene rings is 1. The zero-order chi connectivity index (χ0) is 16.6. The number of hydrogen-bond acceptors (Lipinski definition) is 4. The normalized spacial score (nSPS) is 12.3. The van der Waals surface area contributed by atoms with Crippen LogP contribution >= 0.6 is 0 Å². The Morgan fingerprint density at radius 3 is 2.78 bits per heavy atom. The number of amides is 1. The lowest BCUT2D eigenvalue weighted by Gasteiger charge is -2.12. The van der Waals surface area contributed by atoms with Gasteiger partial charge in [0, 0.05) is 13.2 Å². The molecule has 1 atom stereocenters. The van der Waals surface area contributed by atoms with E-state index in [1.54, 1.807) is 49.0 Å². The number of primary amides is 1. The molecule has 1 aromatic carbocycles. The summed E-state index contributed by atoms with van der Waals surface area (Å²) in [6, 6.07) is 8.21. The summed E-state index contributed by atoms with van der Waals surface area (Å²) in [7, 11) is 1.73. The van der Waals surface area contributed by atoms with Crippen molar-refractivity contribution in [2.45, 2.75) is 13.0 Å². The predicted molar refractivity (Wildman–Crippen MR) is 83.0 cm³/mol. The lowest BCUT2D eigenvalue weighted by molar-refractivity contribution is 0.111. The van der Waals surface area contributed by atoms with Gasteiger partial charge in [-0.05, 0) is 31.2 Å². The molecule has 118 valence electrons. The summed E-state index contributed by atoms with van der Waals surface area (Å²) in [5.41, 5.74) is 7.09. The van der Waals surface area contributed by atoms with Crippen molar-refractivity contribution < 1.29 is 13.9 Å². The predicted octanol–water partition coefficient (Wildman–Crippen LogP) is 2.93. The number of imidazole rings is 1. The summed E-state index contributed by atoms with van der Waals surface area (Å²) in [5.74, 6) is 0.0794. The highest BCUT2D eigenvalue weighted by Gasteiger charge is 2.21. The molecule has 6 nitrogen and oxygen atoms in total. The quantitative estimate of drug-likeness (QED) is 0.805. The number of fused-ring (bicyclic) bond motifs is 1. The second kappa shape index (κ2) is 5.68. The largest absolute Gasteiger partial charge is 0.439 e. The first kappa shape index (κ1) is 15.0. The van der Waals surface area contributed by atoms with Crippen molar-refractivity contribution in [3.05, 3.63) is 48.2 Å². The topological polar surface area (TPSA) is 83.0 Å². The number of carbonyl (C=O) groups excluding carboxylic acids is 1. The number of pyridine rings is 1. The number of ether oxygens (including phenoxy) is 1. The standard InChI is InChI=1S/C16H15FN4O2/c1-9(23-16(18)22)15-20-12-7-6-10(17)13(14(12)21(15)2)11-5-3-4-8-19-11/h3-9H,1-2H3,(H2,18,22)/t9-/m0/s1. The molecule has 0 saturated heterocycles. The highest BCUT2D eigenvalue weighted by Crippen LogP contribution is 2.32. The molecule has 0 aliphatic heterocycles. The van der Waals surface area contributed by atoms with E-state index < -0.39 is 18.0 Å². The molecule has 0 radical (unpaired) electrons. The molecular weight excluding hydrogens is 299 g/mol. The molecule has 2 N–H and O–H groups in total. The Bertz CT molecular complexity index is 877. The molecule has 0 spiro atoms. The van der Waals surface area contributed by atoms with Crippen LogP contribution in [0.4, 0.5) is 9.18 Å². The van der Waals surface area contributed by atoms with Crippen molar-refractivity contribution >= 4 is 17.1 Å². The minimum Gasteiger partial charge on any atom is -0.439 e. The Hall–Kier alpha value is -2.96. The Morgan fingerprint density at radius 1 is 1.35 bits per heavy atom. The maximum absolute atomic E-state index is 14.4. The highest BCUT2D eigenvalue weighted by molar-refractivity contribution is 5.92. The fourth-order valence-corrected chi connectivity index (χ4v) is 2.64. The van der Waals surface area contributed by atoms with Crippen molar-refractivity contribution in [3.63, 3.8) is 0 Å². The van der Waals surface area contributed by atoms with Crippen LogP contribution in [0.2, 0.25) is 0 Å². The van der Waals surface area contributed by atoms with Gasteiger partial charge in [-0.1, -0.05) is 6.07 Å². The Labute approximate surface area is 131 Å². The van der Waals surface area contributed by atoms with E-state index in [0.717, 1.165) is 0 Å². The average Bonchev–Trinajstić information content (AvgIpc) is 2.85. The third-order valence-corrected chi connectivity index (χ3v) is 3.60. The molecule has 3 rings (SSSR count). The van der Waals surface area contributed by atoms with Gasteiger partial charge in [0.15, 0.2) is 11.9 Å². The average molecular weight is 314 g/mol. The summed E-state index contributed by atoms with van der Waals surface area (Å²) < 4.78 is 21.1. The van der Waals surface area contributed by atoms with Crippen molar-refractivity contribution in [1.29, 1.82) is 0 Å². The Balaban J connectivity index is 2.24. The lowest BCUT2D eigenvalue weighted by Crippen LogP contribution is -2.17. The van der Waals surface area contributed by atoms with Crippen LogP contribution in [0.5, 0.6) is 0 Å². The van der Waals surface area contributed by atoms with Gasteiger partial charge in [0.2, 0.25) is 0 Å².